The van der Waals surface area contributed by atoms with E-state index in [0.717, 1.165) is 0 Å². The number of carbonyl (C=O) groups excluding carboxylic acids is 2. The molecule has 0 saturated carbocycles. The lowest BCUT2D eigenvalue weighted by Gasteiger charge is -2.11. The van der Waals surface area contributed by atoms with E-state index in [1.54, 1.807) is 24.3 Å². The standard InChI is InChI=1S/C19H19Cl2NO5/c1-2-25-16-5-3-4-6-17(16)26-10-9-19(24)27-12-18(23)22-15-11-13(20)7-8-14(15)21/h3-8,11H,2,9-10,12H2,1H3,(H,22,23). The van der Waals surface area contributed by atoms with Gasteiger partial charge in [-0.2, -0.15) is 0 Å². The van der Waals surface area contributed by atoms with Gasteiger partial charge >= 0.3 is 5.97 Å². The van der Waals surface area contributed by atoms with Gasteiger partial charge in [-0.25, -0.2) is 0 Å². The zero-order valence-electron chi connectivity index (χ0n) is 14.7. The van der Waals surface area contributed by atoms with E-state index in [0.29, 0.717) is 33.8 Å². The second kappa shape index (κ2) is 10.6. The van der Waals surface area contributed by atoms with Crippen molar-refractivity contribution >= 4 is 40.8 Å². The molecule has 0 spiro atoms. The molecule has 0 fully saturated rings. The van der Waals surface area contributed by atoms with Crippen molar-refractivity contribution in [1.82, 2.24) is 0 Å². The fourth-order valence-electron chi connectivity index (χ4n) is 2.09. The Kier molecular flexibility index (Phi) is 8.23. The first-order chi connectivity index (χ1) is 13.0. The first-order valence-electron chi connectivity index (χ1n) is 8.24. The summed E-state index contributed by atoms with van der Waals surface area (Å²) in [5.74, 6) is 0.0676. The number of hydrogen-bond donors (Lipinski definition) is 1. The molecule has 144 valence electrons. The highest BCUT2D eigenvalue weighted by Crippen LogP contribution is 2.26. The van der Waals surface area contributed by atoms with Gasteiger partial charge in [-0.05, 0) is 37.3 Å². The molecule has 2 rings (SSSR count). The van der Waals surface area contributed by atoms with Crippen LogP contribution in [0.2, 0.25) is 10.0 Å². The molecule has 27 heavy (non-hydrogen) atoms. The van der Waals surface area contributed by atoms with Gasteiger partial charge < -0.3 is 19.5 Å². The fourth-order valence-corrected chi connectivity index (χ4v) is 2.42. The van der Waals surface area contributed by atoms with Crippen molar-refractivity contribution in [2.45, 2.75) is 13.3 Å². The first-order valence-corrected chi connectivity index (χ1v) is 9.00. The molecule has 2 aromatic carbocycles. The summed E-state index contributed by atoms with van der Waals surface area (Å²) >= 11 is 11.8. The zero-order valence-corrected chi connectivity index (χ0v) is 16.2. The molecule has 0 radical (unpaired) electrons. The second-order valence-electron chi connectivity index (χ2n) is 5.31. The van der Waals surface area contributed by atoms with Crippen LogP contribution in [0.25, 0.3) is 0 Å². The molecule has 0 bridgehead atoms. The molecular weight excluding hydrogens is 393 g/mol. The Bertz CT molecular complexity index is 797. The third-order valence-corrected chi connectivity index (χ3v) is 3.84. The average Bonchev–Trinajstić information content (AvgIpc) is 2.65. The van der Waals surface area contributed by atoms with Crippen LogP contribution < -0.4 is 14.8 Å². The van der Waals surface area contributed by atoms with Crippen molar-refractivity contribution in [3.8, 4) is 11.5 Å². The maximum atomic E-state index is 11.9. The number of benzene rings is 2. The van der Waals surface area contributed by atoms with Crippen LogP contribution in [0.3, 0.4) is 0 Å². The van der Waals surface area contributed by atoms with Crippen LogP contribution in [0.15, 0.2) is 42.5 Å². The number of nitrogens with one attached hydrogen (secondary N) is 1. The molecule has 0 aliphatic carbocycles. The van der Waals surface area contributed by atoms with Gasteiger partial charge in [-0.15, -0.1) is 0 Å². The smallest absolute Gasteiger partial charge is 0.309 e. The first kappa shape index (κ1) is 20.9. The monoisotopic (exact) mass is 411 g/mol. The lowest BCUT2D eigenvalue weighted by Crippen LogP contribution is -2.21. The highest BCUT2D eigenvalue weighted by atomic mass is 35.5. The number of amides is 1. The van der Waals surface area contributed by atoms with Crippen molar-refractivity contribution in [2.24, 2.45) is 0 Å². The quantitative estimate of drug-likeness (QED) is 0.621. The Morgan fingerprint density at radius 3 is 2.44 bits per heavy atom. The molecule has 0 aliphatic rings. The molecular formula is C19H19Cl2NO5. The summed E-state index contributed by atoms with van der Waals surface area (Å²) < 4.78 is 15.9. The maximum absolute atomic E-state index is 11.9. The van der Waals surface area contributed by atoms with Gasteiger partial charge in [0, 0.05) is 5.02 Å². The van der Waals surface area contributed by atoms with Crippen molar-refractivity contribution in [1.29, 1.82) is 0 Å². The van der Waals surface area contributed by atoms with E-state index in [4.69, 9.17) is 37.4 Å². The predicted octanol–water partition coefficient (Wildman–Crippen LogP) is 4.34. The van der Waals surface area contributed by atoms with Crippen LogP contribution in [0.4, 0.5) is 5.69 Å². The van der Waals surface area contributed by atoms with E-state index in [1.807, 2.05) is 19.1 Å². The van der Waals surface area contributed by atoms with E-state index in [2.05, 4.69) is 5.32 Å². The molecule has 6 nitrogen and oxygen atoms in total. The number of carbonyl (C=O) groups is 2. The van der Waals surface area contributed by atoms with Gasteiger partial charge in [-0.3, -0.25) is 9.59 Å². The van der Waals surface area contributed by atoms with Gasteiger partial charge in [-0.1, -0.05) is 35.3 Å². The molecule has 0 atom stereocenters. The van der Waals surface area contributed by atoms with Crippen LogP contribution >= 0.6 is 23.2 Å². The summed E-state index contributed by atoms with van der Waals surface area (Å²) in [6.45, 7) is 2.05. The molecule has 2 aromatic rings. The predicted molar refractivity (Wildman–Crippen MR) is 104 cm³/mol. The zero-order chi connectivity index (χ0) is 19.6. The normalized spacial score (nSPS) is 10.2. The summed E-state index contributed by atoms with van der Waals surface area (Å²) in [4.78, 5) is 23.6. The summed E-state index contributed by atoms with van der Waals surface area (Å²) in [6.07, 6.45) is -0.00827. The Hall–Kier alpha value is -2.44. The van der Waals surface area contributed by atoms with Gasteiger partial charge in [0.2, 0.25) is 0 Å². The third-order valence-electron chi connectivity index (χ3n) is 3.28. The van der Waals surface area contributed by atoms with Crippen LogP contribution in [0.5, 0.6) is 11.5 Å². The molecule has 0 unspecified atom stereocenters. The van der Waals surface area contributed by atoms with Gasteiger partial charge in [0.05, 0.1) is 30.3 Å². The van der Waals surface area contributed by atoms with Crippen molar-refractivity contribution in [3.05, 3.63) is 52.5 Å². The highest BCUT2D eigenvalue weighted by molar-refractivity contribution is 6.35. The largest absolute Gasteiger partial charge is 0.490 e. The Morgan fingerprint density at radius 2 is 1.74 bits per heavy atom. The molecule has 0 aliphatic heterocycles. The fraction of sp³-hybridized carbons (Fsp3) is 0.263. The van der Waals surface area contributed by atoms with E-state index >= 15 is 0 Å². The van der Waals surface area contributed by atoms with Crippen LogP contribution in [-0.4, -0.2) is 31.7 Å². The minimum atomic E-state index is -0.559. The molecule has 0 aromatic heterocycles. The number of hydrogen-bond acceptors (Lipinski definition) is 5. The Morgan fingerprint density at radius 1 is 1.04 bits per heavy atom. The van der Waals surface area contributed by atoms with Crippen LogP contribution in [0.1, 0.15) is 13.3 Å². The summed E-state index contributed by atoms with van der Waals surface area (Å²) in [7, 11) is 0. The number of esters is 1. The Labute approximate surface area is 167 Å². The highest BCUT2D eigenvalue weighted by Gasteiger charge is 2.11. The van der Waals surface area contributed by atoms with Gasteiger partial charge in [0.15, 0.2) is 18.1 Å². The van der Waals surface area contributed by atoms with E-state index in [9.17, 15) is 9.59 Å². The van der Waals surface area contributed by atoms with Crippen LogP contribution in [-0.2, 0) is 14.3 Å². The Balaban J connectivity index is 1.73. The lowest BCUT2D eigenvalue weighted by atomic mass is 10.3. The summed E-state index contributed by atoms with van der Waals surface area (Å²) in [5.41, 5.74) is 0.348. The van der Waals surface area contributed by atoms with Crippen molar-refractivity contribution in [3.63, 3.8) is 0 Å². The molecule has 1 N–H and O–H groups in total. The van der Waals surface area contributed by atoms with Crippen molar-refractivity contribution < 1.29 is 23.8 Å². The third kappa shape index (κ3) is 7.00. The molecule has 0 saturated heterocycles. The molecule has 1 amide bonds. The van der Waals surface area contributed by atoms with Crippen molar-refractivity contribution in [2.75, 3.05) is 25.1 Å². The van der Waals surface area contributed by atoms with E-state index in [1.165, 1.54) is 6.07 Å². The second-order valence-corrected chi connectivity index (χ2v) is 6.15. The average molecular weight is 412 g/mol. The van der Waals surface area contributed by atoms with E-state index < -0.39 is 18.5 Å². The minimum absolute atomic E-state index is 0.00827. The summed E-state index contributed by atoms with van der Waals surface area (Å²) in [5, 5.41) is 3.29. The number of rotatable bonds is 9. The number of anilines is 1. The number of halogens is 2. The number of ether oxygens (including phenoxy) is 3. The topological polar surface area (TPSA) is 73.9 Å². The van der Waals surface area contributed by atoms with Gasteiger partial charge in [0.25, 0.3) is 5.91 Å². The van der Waals surface area contributed by atoms with Crippen LogP contribution in [0, 0.1) is 0 Å². The lowest BCUT2D eigenvalue weighted by molar-refractivity contribution is -0.147. The van der Waals surface area contributed by atoms with Gasteiger partial charge in [0.1, 0.15) is 0 Å². The molecule has 8 heteroatoms. The SMILES string of the molecule is CCOc1ccccc1OCCC(=O)OCC(=O)Nc1cc(Cl)ccc1Cl. The number of para-hydroxylation sites is 2. The maximum Gasteiger partial charge on any atom is 0.309 e. The van der Waals surface area contributed by atoms with E-state index in [-0.39, 0.29) is 13.0 Å². The summed E-state index contributed by atoms with van der Waals surface area (Å²) in [6, 6.07) is 11.8. The molecule has 0 heterocycles. The minimum Gasteiger partial charge on any atom is -0.490 e.